The van der Waals surface area contributed by atoms with Crippen molar-refractivity contribution in [1.29, 1.82) is 0 Å². The van der Waals surface area contributed by atoms with Crippen LogP contribution >= 0.6 is 11.3 Å². The zero-order chi connectivity index (χ0) is 21.1. The van der Waals surface area contributed by atoms with Gasteiger partial charge in [-0.1, -0.05) is 18.2 Å². The van der Waals surface area contributed by atoms with Gasteiger partial charge in [0.2, 0.25) is 0 Å². The van der Waals surface area contributed by atoms with E-state index in [1.807, 2.05) is 53.7 Å². The lowest BCUT2D eigenvalue weighted by Crippen LogP contribution is -2.14. The van der Waals surface area contributed by atoms with E-state index in [9.17, 15) is 9.59 Å². The maximum Gasteiger partial charge on any atom is 0.338 e. The Morgan fingerprint density at radius 1 is 1.07 bits per heavy atom. The number of carbonyl (C=O) groups is 1. The number of ether oxygens (including phenoxy) is 2. The monoisotopic (exact) mass is 421 g/mol. The minimum absolute atomic E-state index is 0.186. The fourth-order valence-corrected chi connectivity index (χ4v) is 3.87. The second-order valence-electron chi connectivity index (χ2n) is 6.57. The molecule has 4 aromatic rings. The number of fused-ring (bicyclic) bond motifs is 1. The number of benzene rings is 2. The van der Waals surface area contributed by atoms with Crippen LogP contribution in [-0.2, 0) is 11.2 Å². The summed E-state index contributed by atoms with van der Waals surface area (Å²) in [5.74, 6) is 0.390. The van der Waals surface area contributed by atoms with Gasteiger partial charge < -0.3 is 18.8 Å². The number of methoxy groups -OCH3 is 1. The van der Waals surface area contributed by atoms with Crippen molar-refractivity contribution in [3.05, 3.63) is 81.3 Å². The van der Waals surface area contributed by atoms with Crippen LogP contribution < -0.4 is 20.0 Å². The van der Waals surface area contributed by atoms with Crippen LogP contribution in [0.25, 0.3) is 11.0 Å². The molecule has 2 heterocycles. The van der Waals surface area contributed by atoms with Gasteiger partial charge in [-0.25, -0.2) is 4.79 Å². The third-order valence-electron chi connectivity index (χ3n) is 4.65. The van der Waals surface area contributed by atoms with E-state index in [4.69, 9.17) is 13.9 Å². The molecule has 0 atom stereocenters. The van der Waals surface area contributed by atoms with Crippen molar-refractivity contribution in [2.75, 3.05) is 19.1 Å². The number of hydrogen-bond donors (Lipinski definition) is 0. The molecule has 0 radical (unpaired) electrons. The van der Waals surface area contributed by atoms with Crippen LogP contribution in [0.1, 0.15) is 4.88 Å². The summed E-state index contributed by atoms with van der Waals surface area (Å²) in [6.07, 6.45) is 0.186. The molecule has 0 aliphatic rings. The molecular formula is C23H19NO5S. The molecule has 0 unspecified atom stereocenters. The van der Waals surface area contributed by atoms with Crippen LogP contribution in [0.4, 0.5) is 11.4 Å². The summed E-state index contributed by atoms with van der Waals surface area (Å²) >= 11 is 1.50. The van der Waals surface area contributed by atoms with E-state index in [0.29, 0.717) is 22.8 Å². The summed E-state index contributed by atoms with van der Waals surface area (Å²) in [5, 5.41) is 2.71. The third kappa shape index (κ3) is 4.06. The van der Waals surface area contributed by atoms with Crippen LogP contribution in [0, 0.1) is 0 Å². The zero-order valence-corrected chi connectivity index (χ0v) is 17.3. The summed E-state index contributed by atoms with van der Waals surface area (Å²) in [6, 6.07) is 17.8. The number of carbonyl (C=O) groups excluding carboxylic acids is 1. The normalized spacial score (nSPS) is 10.7. The number of para-hydroxylation sites is 1. The second-order valence-corrected chi connectivity index (χ2v) is 7.60. The van der Waals surface area contributed by atoms with Crippen molar-refractivity contribution in [2.24, 2.45) is 0 Å². The van der Waals surface area contributed by atoms with Gasteiger partial charge in [0.25, 0.3) is 0 Å². The standard InChI is InChI=1S/C23H19NO5S/c1-24(18-14-23(26)28-19-8-4-3-7-17(18)19)15-9-10-20(27-2)21(12-15)29-22(25)13-16-6-5-11-30-16/h3-12,14H,13H2,1-2H3. The quantitative estimate of drug-likeness (QED) is 0.254. The fourth-order valence-electron chi connectivity index (χ4n) is 3.18. The van der Waals surface area contributed by atoms with Gasteiger partial charge in [-0.15, -0.1) is 11.3 Å². The number of nitrogens with zero attached hydrogens (tertiary/aromatic N) is 1. The highest BCUT2D eigenvalue weighted by atomic mass is 32.1. The van der Waals surface area contributed by atoms with Crippen LogP contribution in [0.2, 0.25) is 0 Å². The maximum atomic E-state index is 12.4. The summed E-state index contributed by atoms with van der Waals surface area (Å²) < 4.78 is 16.2. The van der Waals surface area contributed by atoms with Crippen molar-refractivity contribution in [3.8, 4) is 11.5 Å². The zero-order valence-electron chi connectivity index (χ0n) is 16.5. The van der Waals surface area contributed by atoms with Crippen LogP contribution in [0.3, 0.4) is 0 Å². The smallest absolute Gasteiger partial charge is 0.338 e. The molecule has 6 nitrogen and oxygen atoms in total. The second kappa shape index (κ2) is 8.42. The first-order valence-electron chi connectivity index (χ1n) is 9.23. The molecule has 152 valence electrons. The Bertz CT molecular complexity index is 1250. The Morgan fingerprint density at radius 3 is 2.67 bits per heavy atom. The number of thiophene rings is 1. The van der Waals surface area contributed by atoms with Crippen molar-refractivity contribution in [3.63, 3.8) is 0 Å². The molecule has 0 saturated carbocycles. The summed E-state index contributed by atoms with van der Waals surface area (Å²) in [7, 11) is 3.35. The lowest BCUT2D eigenvalue weighted by atomic mass is 10.1. The van der Waals surface area contributed by atoms with Crippen LogP contribution in [0.5, 0.6) is 11.5 Å². The summed E-state index contributed by atoms with van der Waals surface area (Å²) in [6.45, 7) is 0. The van der Waals surface area contributed by atoms with Crippen molar-refractivity contribution in [2.45, 2.75) is 6.42 Å². The largest absolute Gasteiger partial charge is 0.493 e. The third-order valence-corrected chi connectivity index (χ3v) is 5.52. The highest BCUT2D eigenvalue weighted by Gasteiger charge is 2.16. The first-order valence-corrected chi connectivity index (χ1v) is 10.1. The molecule has 0 N–H and O–H groups in total. The Labute approximate surface area is 176 Å². The molecule has 0 amide bonds. The number of anilines is 2. The average molecular weight is 421 g/mol. The van der Waals surface area contributed by atoms with Gasteiger partial charge in [0, 0.05) is 35.1 Å². The van der Waals surface area contributed by atoms with Crippen molar-refractivity contribution in [1.82, 2.24) is 0 Å². The van der Waals surface area contributed by atoms with Crippen LogP contribution in [0.15, 0.2) is 75.3 Å². The number of rotatable bonds is 6. The van der Waals surface area contributed by atoms with Crippen LogP contribution in [-0.4, -0.2) is 20.1 Å². The molecule has 30 heavy (non-hydrogen) atoms. The number of hydrogen-bond acceptors (Lipinski definition) is 7. The minimum atomic E-state index is -0.438. The lowest BCUT2D eigenvalue weighted by Gasteiger charge is -2.22. The molecule has 0 spiro atoms. The first-order chi connectivity index (χ1) is 14.5. The van der Waals surface area contributed by atoms with Gasteiger partial charge >= 0.3 is 11.6 Å². The van der Waals surface area contributed by atoms with E-state index in [-0.39, 0.29) is 12.4 Å². The van der Waals surface area contributed by atoms with Gasteiger partial charge in [-0.3, -0.25) is 4.79 Å². The van der Waals surface area contributed by atoms with Gasteiger partial charge in [0.15, 0.2) is 11.5 Å². The predicted molar refractivity (Wildman–Crippen MR) is 117 cm³/mol. The Morgan fingerprint density at radius 2 is 1.90 bits per heavy atom. The maximum absolute atomic E-state index is 12.4. The molecule has 7 heteroatoms. The fraction of sp³-hybridized carbons (Fsp3) is 0.130. The van der Waals surface area contributed by atoms with Gasteiger partial charge in [-0.2, -0.15) is 0 Å². The van der Waals surface area contributed by atoms with E-state index in [0.717, 1.165) is 16.0 Å². The Balaban J connectivity index is 1.67. The van der Waals surface area contributed by atoms with Crippen molar-refractivity contribution >= 4 is 39.7 Å². The van der Waals surface area contributed by atoms with E-state index >= 15 is 0 Å². The molecule has 2 aromatic carbocycles. The SMILES string of the molecule is COc1ccc(N(C)c2cc(=O)oc3ccccc23)cc1OC(=O)Cc1cccs1. The van der Waals surface area contributed by atoms with E-state index < -0.39 is 5.63 Å². The Kier molecular flexibility index (Phi) is 5.54. The van der Waals surface area contributed by atoms with E-state index in [1.54, 1.807) is 18.2 Å². The molecule has 0 saturated heterocycles. The summed E-state index contributed by atoms with van der Waals surface area (Å²) in [5.41, 5.74) is 1.47. The molecule has 0 aliphatic heterocycles. The van der Waals surface area contributed by atoms with Gasteiger partial charge in [-0.05, 0) is 35.7 Å². The van der Waals surface area contributed by atoms with E-state index in [2.05, 4.69) is 0 Å². The van der Waals surface area contributed by atoms with Gasteiger partial charge in [0.1, 0.15) is 5.58 Å². The highest BCUT2D eigenvalue weighted by Crippen LogP contribution is 2.36. The Hall–Kier alpha value is -3.58. The molecule has 0 aliphatic carbocycles. The number of esters is 1. The molecule has 2 aromatic heterocycles. The summed E-state index contributed by atoms with van der Waals surface area (Å²) in [4.78, 5) is 27.2. The average Bonchev–Trinajstić information content (AvgIpc) is 3.25. The van der Waals surface area contributed by atoms with E-state index in [1.165, 1.54) is 24.5 Å². The minimum Gasteiger partial charge on any atom is -0.493 e. The lowest BCUT2D eigenvalue weighted by molar-refractivity contribution is -0.133. The molecule has 0 fully saturated rings. The first kappa shape index (κ1) is 19.7. The molecular weight excluding hydrogens is 402 g/mol. The van der Waals surface area contributed by atoms with Gasteiger partial charge in [0.05, 0.1) is 19.2 Å². The van der Waals surface area contributed by atoms with Crippen molar-refractivity contribution < 1.29 is 18.7 Å². The highest BCUT2D eigenvalue weighted by molar-refractivity contribution is 7.10. The predicted octanol–water partition coefficient (Wildman–Crippen LogP) is 4.78. The molecule has 4 rings (SSSR count). The topological polar surface area (TPSA) is 69.0 Å². The molecule has 0 bridgehead atoms.